The Morgan fingerprint density at radius 2 is 1.86 bits per heavy atom. The number of rotatable bonds is 7. The van der Waals surface area contributed by atoms with Gasteiger partial charge in [-0.1, -0.05) is 39.3 Å². The normalized spacial score (nSPS) is 23.4. The molecular weight excluding hydrogens is 478 g/mol. The second-order valence-corrected chi connectivity index (χ2v) is 11.4. The Labute approximate surface area is 217 Å². The minimum Gasteiger partial charge on any atom is -0.489 e. The molecule has 0 spiro atoms. The van der Waals surface area contributed by atoms with Gasteiger partial charge < -0.3 is 20.1 Å². The summed E-state index contributed by atoms with van der Waals surface area (Å²) in [5, 5.41) is 22.3. The number of likely N-dealkylation sites (tertiary alicyclic amines) is 1. The molecule has 192 valence electrons. The molecule has 2 fully saturated rings. The maximum atomic E-state index is 13.0. The molecular formula is C27H34ClN5O3. The number of amides is 1. The number of aromatic nitrogens is 2. The number of nitriles is 1. The number of halogens is 1. The van der Waals surface area contributed by atoms with Crippen molar-refractivity contribution in [2.24, 2.45) is 10.8 Å². The van der Waals surface area contributed by atoms with E-state index in [0.717, 1.165) is 32.5 Å². The number of ether oxygens (including phenoxy) is 1. The van der Waals surface area contributed by atoms with E-state index in [-0.39, 0.29) is 35.0 Å². The van der Waals surface area contributed by atoms with Gasteiger partial charge in [0.05, 0.1) is 22.3 Å². The van der Waals surface area contributed by atoms with Crippen LogP contribution in [-0.4, -0.2) is 63.8 Å². The lowest BCUT2D eigenvalue weighted by molar-refractivity contribution is -0.164. The first-order chi connectivity index (χ1) is 17.0. The molecule has 9 heteroatoms. The first-order valence-electron chi connectivity index (χ1n) is 12.4. The molecule has 1 aromatic carbocycles. The van der Waals surface area contributed by atoms with Gasteiger partial charge in [-0.15, -0.1) is 0 Å². The number of benzene rings is 1. The second-order valence-electron chi connectivity index (χ2n) is 11.0. The zero-order chi connectivity index (χ0) is 26.1. The van der Waals surface area contributed by atoms with Crippen molar-refractivity contribution in [1.29, 1.82) is 5.26 Å². The monoisotopic (exact) mass is 511 g/mol. The van der Waals surface area contributed by atoms with Crippen LogP contribution in [0.5, 0.6) is 5.75 Å². The van der Waals surface area contributed by atoms with Crippen LogP contribution in [0.4, 0.5) is 0 Å². The lowest BCUT2D eigenvalue weighted by Gasteiger charge is -2.63. The predicted octanol–water partition coefficient (Wildman–Crippen LogP) is 3.61. The molecule has 0 atom stereocenters. The summed E-state index contributed by atoms with van der Waals surface area (Å²) in [4.78, 5) is 24.2. The van der Waals surface area contributed by atoms with Gasteiger partial charge >= 0.3 is 0 Å². The van der Waals surface area contributed by atoms with Crippen LogP contribution in [0.15, 0.2) is 30.6 Å². The van der Waals surface area contributed by atoms with Crippen molar-refractivity contribution in [1.82, 2.24) is 20.2 Å². The topological polar surface area (TPSA) is 111 Å². The third kappa shape index (κ3) is 5.34. The molecule has 0 radical (unpaired) electrons. The Bertz CT molecular complexity index is 1120. The Kier molecular flexibility index (Phi) is 7.56. The summed E-state index contributed by atoms with van der Waals surface area (Å²) in [5.41, 5.74) is 0.139. The maximum Gasteiger partial charge on any atom is 0.254 e. The van der Waals surface area contributed by atoms with E-state index in [1.54, 1.807) is 30.6 Å². The summed E-state index contributed by atoms with van der Waals surface area (Å²) in [5.74, 6) is 1.09. The van der Waals surface area contributed by atoms with Gasteiger partial charge in [-0.2, -0.15) is 5.26 Å². The first-order valence-corrected chi connectivity index (χ1v) is 12.8. The van der Waals surface area contributed by atoms with E-state index in [4.69, 9.17) is 21.6 Å². The Hall–Kier alpha value is -2.73. The van der Waals surface area contributed by atoms with E-state index < -0.39 is 0 Å². The van der Waals surface area contributed by atoms with Gasteiger partial charge in [0.25, 0.3) is 5.91 Å². The number of piperidine rings is 1. The smallest absolute Gasteiger partial charge is 0.254 e. The molecule has 1 aliphatic carbocycles. The highest BCUT2D eigenvalue weighted by Crippen LogP contribution is 2.55. The molecule has 1 amide bonds. The number of carbonyl (C=O) groups is 1. The summed E-state index contributed by atoms with van der Waals surface area (Å²) in [6.45, 7) is 10.9. The fraction of sp³-hybridized carbons (Fsp3) is 0.556. The molecule has 0 unspecified atom stereocenters. The number of aliphatic hydroxyl groups excluding tert-OH is 1. The van der Waals surface area contributed by atoms with Crippen molar-refractivity contribution in [2.75, 3.05) is 19.6 Å². The Balaban J connectivity index is 1.35. The molecule has 1 aliphatic heterocycles. The quantitative estimate of drug-likeness (QED) is 0.584. The van der Waals surface area contributed by atoms with E-state index in [1.807, 2.05) is 0 Å². The van der Waals surface area contributed by atoms with Gasteiger partial charge in [0.15, 0.2) is 0 Å². The zero-order valence-electron chi connectivity index (χ0n) is 21.3. The molecule has 1 saturated heterocycles. The second kappa shape index (κ2) is 10.3. The Morgan fingerprint density at radius 3 is 2.44 bits per heavy atom. The highest BCUT2D eigenvalue weighted by atomic mass is 35.5. The minimum atomic E-state index is -0.345. The van der Waals surface area contributed by atoms with Crippen molar-refractivity contribution in [2.45, 2.75) is 65.2 Å². The van der Waals surface area contributed by atoms with E-state index in [1.165, 1.54) is 0 Å². The van der Waals surface area contributed by atoms with Crippen molar-refractivity contribution < 1.29 is 14.6 Å². The van der Waals surface area contributed by atoms with Crippen molar-refractivity contribution in [3.63, 3.8) is 0 Å². The predicted molar refractivity (Wildman–Crippen MR) is 137 cm³/mol. The number of carbonyl (C=O) groups excluding carboxylic acids is 1. The number of nitrogens with zero attached hydrogens (tertiary/aromatic N) is 4. The summed E-state index contributed by atoms with van der Waals surface area (Å²) in [6, 6.07) is 6.97. The average molecular weight is 512 g/mol. The van der Waals surface area contributed by atoms with Crippen LogP contribution in [-0.2, 0) is 6.42 Å². The maximum absolute atomic E-state index is 13.0. The van der Waals surface area contributed by atoms with Crippen molar-refractivity contribution in [3.05, 3.63) is 52.6 Å². The third-order valence-electron chi connectivity index (χ3n) is 7.61. The summed E-state index contributed by atoms with van der Waals surface area (Å²) in [7, 11) is 0. The van der Waals surface area contributed by atoms with Gasteiger partial charge in [0.1, 0.15) is 23.7 Å². The standard InChI is InChI=1S/C27H34ClN5O3/c1-26(2)24(27(3,4)25(26)36-20-6-5-17(14-29)21(28)13-20)32-23(35)18-15-30-22(31-16-18)9-12-33-10-7-19(34)8-11-33/h5-6,13,15-16,19,24-25,34H,7-12H2,1-4H3,(H,32,35). The molecule has 1 aromatic heterocycles. The number of hydrogen-bond donors (Lipinski definition) is 2. The van der Waals surface area contributed by atoms with E-state index >= 15 is 0 Å². The van der Waals surface area contributed by atoms with Gasteiger partial charge in [-0.05, 0) is 25.0 Å². The molecule has 2 N–H and O–H groups in total. The van der Waals surface area contributed by atoms with E-state index in [0.29, 0.717) is 34.1 Å². The lowest BCUT2D eigenvalue weighted by Crippen LogP contribution is -2.74. The van der Waals surface area contributed by atoms with Crippen molar-refractivity contribution in [3.8, 4) is 11.8 Å². The number of aliphatic hydroxyl groups is 1. The average Bonchev–Trinajstić information content (AvgIpc) is 2.85. The van der Waals surface area contributed by atoms with Gasteiger partial charge in [0.2, 0.25) is 0 Å². The molecule has 36 heavy (non-hydrogen) atoms. The van der Waals surface area contributed by atoms with E-state index in [2.05, 4.69) is 53.9 Å². The summed E-state index contributed by atoms with van der Waals surface area (Å²) >= 11 is 6.17. The third-order valence-corrected chi connectivity index (χ3v) is 7.92. The highest BCUT2D eigenvalue weighted by Gasteiger charge is 2.64. The summed E-state index contributed by atoms with van der Waals surface area (Å²) < 4.78 is 6.29. The molecule has 1 saturated carbocycles. The van der Waals surface area contributed by atoms with Crippen LogP contribution in [0.25, 0.3) is 0 Å². The SMILES string of the molecule is CC1(C)C(NC(=O)c2cnc(CCN3CCC(O)CC3)nc2)C(C)(C)C1Oc1ccc(C#N)c(Cl)c1. The molecule has 0 bridgehead atoms. The van der Waals surface area contributed by atoms with Crippen LogP contribution in [0, 0.1) is 22.2 Å². The van der Waals surface area contributed by atoms with Crippen LogP contribution >= 0.6 is 11.6 Å². The van der Waals surface area contributed by atoms with E-state index in [9.17, 15) is 9.90 Å². The van der Waals surface area contributed by atoms with Gasteiger partial charge in [-0.3, -0.25) is 4.79 Å². The van der Waals surface area contributed by atoms with Crippen molar-refractivity contribution >= 4 is 17.5 Å². The Morgan fingerprint density at radius 1 is 1.22 bits per heavy atom. The first kappa shape index (κ1) is 26.3. The molecule has 4 rings (SSSR count). The molecule has 2 aliphatic rings. The fourth-order valence-corrected chi connectivity index (χ4v) is 6.03. The van der Waals surface area contributed by atoms with Crippen LogP contribution in [0.1, 0.15) is 62.3 Å². The number of nitrogens with one attached hydrogen (secondary N) is 1. The lowest BCUT2D eigenvalue weighted by atomic mass is 9.49. The van der Waals surface area contributed by atoms with Crippen LogP contribution in [0.3, 0.4) is 0 Å². The fourth-order valence-electron chi connectivity index (χ4n) is 5.81. The molecule has 2 heterocycles. The minimum absolute atomic E-state index is 0.134. The van der Waals surface area contributed by atoms with Gasteiger partial charge in [0, 0.05) is 61.4 Å². The number of hydrogen-bond acceptors (Lipinski definition) is 7. The highest BCUT2D eigenvalue weighted by molar-refractivity contribution is 6.31. The molecule has 2 aromatic rings. The summed E-state index contributed by atoms with van der Waals surface area (Å²) in [6.07, 6.45) is 5.14. The van der Waals surface area contributed by atoms with Crippen LogP contribution in [0.2, 0.25) is 5.02 Å². The van der Waals surface area contributed by atoms with Gasteiger partial charge in [-0.25, -0.2) is 9.97 Å². The van der Waals surface area contributed by atoms with Crippen LogP contribution < -0.4 is 10.1 Å². The zero-order valence-corrected chi connectivity index (χ0v) is 22.0. The molecule has 8 nitrogen and oxygen atoms in total. The largest absolute Gasteiger partial charge is 0.489 e.